The van der Waals surface area contributed by atoms with Gasteiger partial charge < -0.3 is 14.8 Å². The quantitative estimate of drug-likeness (QED) is 0.552. The van der Waals surface area contributed by atoms with Gasteiger partial charge in [0.2, 0.25) is 5.82 Å². The summed E-state index contributed by atoms with van der Waals surface area (Å²) in [6, 6.07) is 8.83. The predicted octanol–water partition coefficient (Wildman–Crippen LogP) is 2.86. The highest BCUT2D eigenvalue weighted by molar-refractivity contribution is 6.30. The average molecular weight is 397 g/mol. The van der Waals surface area contributed by atoms with Crippen LogP contribution in [0.2, 0.25) is 5.02 Å². The lowest BCUT2D eigenvalue weighted by molar-refractivity contribution is 0.432. The van der Waals surface area contributed by atoms with Crippen LogP contribution >= 0.6 is 11.6 Å². The number of nitrogens with zero attached hydrogens (tertiary/aromatic N) is 4. The number of rotatable bonds is 3. The number of aromatic nitrogens is 5. The van der Waals surface area contributed by atoms with E-state index in [2.05, 4.69) is 25.5 Å². The summed E-state index contributed by atoms with van der Waals surface area (Å²) in [6.07, 6.45) is 3.59. The summed E-state index contributed by atoms with van der Waals surface area (Å²) in [5.41, 5.74) is 2.66. The van der Waals surface area contributed by atoms with Gasteiger partial charge in [-0.15, -0.1) is 0 Å². The Kier molecular flexibility index (Phi) is 4.22. The number of hydrogen-bond donors (Lipinski definition) is 2. The van der Waals surface area contributed by atoms with Gasteiger partial charge in [0, 0.05) is 22.6 Å². The molecule has 1 aliphatic rings. The largest absolute Gasteiger partial charge is 0.334 e. The molecule has 9 heteroatoms. The van der Waals surface area contributed by atoms with Crippen LogP contribution in [0.4, 0.5) is 0 Å². The van der Waals surface area contributed by atoms with Crippen LogP contribution in [0.15, 0.2) is 45.8 Å². The molecule has 142 valence electrons. The predicted molar refractivity (Wildman–Crippen MR) is 104 cm³/mol. The Bertz CT molecular complexity index is 1200. The Morgan fingerprint density at radius 2 is 2.07 bits per heavy atom. The minimum absolute atomic E-state index is 0.165. The number of piperidine rings is 1. The fourth-order valence-corrected chi connectivity index (χ4v) is 3.85. The minimum atomic E-state index is -0.165. The van der Waals surface area contributed by atoms with E-state index in [4.69, 9.17) is 16.1 Å². The van der Waals surface area contributed by atoms with Crippen molar-refractivity contribution in [3.05, 3.63) is 57.6 Å². The second-order valence-corrected chi connectivity index (χ2v) is 7.27. The van der Waals surface area contributed by atoms with Gasteiger partial charge in [0.1, 0.15) is 5.65 Å². The van der Waals surface area contributed by atoms with Gasteiger partial charge in [-0.05, 0) is 44.1 Å². The lowest BCUT2D eigenvalue weighted by Gasteiger charge is -2.23. The first kappa shape index (κ1) is 17.2. The standard InChI is InChI=1S/C19H17ClN6O2/c20-13-3-1-2-12(8-13)19-24-17(25-28-19)14-10-22-26-15(9-16(27)23-18(14)26)11-4-6-21-7-5-11/h1-3,8-11,21H,4-7H2,(H,23,27). The van der Waals surface area contributed by atoms with Crippen LogP contribution < -0.4 is 10.9 Å². The van der Waals surface area contributed by atoms with Gasteiger partial charge in [0.25, 0.3) is 11.4 Å². The molecule has 1 aromatic carbocycles. The molecule has 1 aliphatic heterocycles. The number of aromatic amines is 1. The fraction of sp³-hybridized carbons (Fsp3) is 0.263. The normalized spacial score (nSPS) is 15.3. The molecule has 0 unspecified atom stereocenters. The molecule has 1 fully saturated rings. The zero-order valence-electron chi connectivity index (χ0n) is 14.9. The SMILES string of the molecule is O=c1cc(C2CCNCC2)n2ncc(-c3noc(-c4cccc(Cl)c4)n3)c2[nH]1. The third kappa shape index (κ3) is 3.00. The van der Waals surface area contributed by atoms with Gasteiger partial charge in [-0.2, -0.15) is 10.1 Å². The number of benzene rings is 1. The van der Waals surface area contributed by atoms with Crippen molar-refractivity contribution in [2.75, 3.05) is 13.1 Å². The van der Waals surface area contributed by atoms with Crippen molar-refractivity contribution >= 4 is 17.2 Å². The molecular weight excluding hydrogens is 380 g/mol. The third-order valence-corrected chi connectivity index (χ3v) is 5.27. The van der Waals surface area contributed by atoms with Crippen LogP contribution in [-0.2, 0) is 0 Å². The molecule has 0 radical (unpaired) electrons. The van der Waals surface area contributed by atoms with Crippen molar-refractivity contribution in [2.45, 2.75) is 18.8 Å². The van der Waals surface area contributed by atoms with Gasteiger partial charge in [0.05, 0.1) is 17.5 Å². The molecule has 0 amide bonds. The van der Waals surface area contributed by atoms with Crippen LogP contribution in [0.5, 0.6) is 0 Å². The third-order valence-electron chi connectivity index (χ3n) is 5.03. The van der Waals surface area contributed by atoms with E-state index in [9.17, 15) is 4.79 Å². The van der Waals surface area contributed by atoms with Crippen LogP contribution in [0.1, 0.15) is 24.5 Å². The topological polar surface area (TPSA) is 101 Å². The van der Waals surface area contributed by atoms with Crippen molar-refractivity contribution < 1.29 is 4.52 Å². The first-order valence-electron chi connectivity index (χ1n) is 9.11. The molecule has 5 rings (SSSR count). The maximum Gasteiger partial charge on any atom is 0.258 e. The number of fused-ring (bicyclic) bond motifs is 1. The molecule has 0 saturated carbocycles. The molecule has 4 heterocycles. The summed E-state index contributed by atoms with van der Waals surface area (Å²) < 4.78 is 7.18. The molecule has 3 aromatic heterocycles. The van der Waals surface area contributed by atoms with Gasteiger partial charge in [-0.25, -0.2) is 4.52 Å². The maximum absolute atomic E-state index is 12.3. The first-order valence-corrected chi connectivity index (χ1v) is 9.48. The summed E-state index contributed by atoms with van der Waals surface area (Å²) in [6.45, 7) is 1.86. The summed E-state index contributed by atoms with van der Waals surface area (Å²) >= 11 is 6.04. The smallest absolute Gasteiger partial charge is 0.258 e. The zero-order valence-corrected chi connectivity index (χ0v) is 15.6. The number of halogens is 1. The van der Waals surface area contributed by atoms with E-state index in [0.717, 1.165) is 37.2 Å². The molecule has 8 nitrogen and oxygen atoms in total. The molecule has 2 N–H and O–H groups in total. The Morgan fingerprint density at radius 3 is 2.89 bits per heavy atom. The van der Waals surface area contributed by atoms with E-state index in [-0.39, 0.29) is 11.5 Å². The molecule has 0 atom stereocenters. The Morgan fingerprint density at radius 1 is 1.21 bits per heavy atom. The molecular formula is C19H17ClN6O2. The second kappa shape index (κ2) is 6.88. The van der Waals surface area contributed by atoms with Gasteiger partial charge in [-0.3, -0.25) is 4.79 Å². The average Bonchev–Trinajstić information content (AvgIpc) is 3.35. The minimum Gasteiger partial charge on any atom is -0.334 e. The number of H-pyrrole nitrogens is 1. The van der Waals surface area contributed by atoms with Crippen molar-refractivity contribution in [2.24, 2.45) is 0 Å². The molecule has 28 heavy (non-hydrogen) atoms. The highest BCUT2D eigenvalue weighted by Gasteiger charge is 2.22. The van der Waals surface area contributed by atoms with Crippen LogP contribution in [0.3, 0.4) is 0 Å². The number of nitrogens with one attached hydrogen (secondary N) is 2. The molecule has 0 bridgehead atoms. The fourth-order valence-electron chi connectivity index (χ4n) is 3.66. The summed E-state index contributed by atoms with van der Waals surface area (Å²) in [5, 5.41) is 12.5. The Balaban J connectivity index is 1.59. The maximum atomic E-state index is 12.3. The van der Waals surface area contributed by atoms with Gasteiger partial charge >= 0.3 is 0 Å². The lowest BCUT2D eigenvalue weighted by atomic mass is 9.94. The monoisotopic (exact) mass is 396 g/mol. The second-order valence-electron chi connectivity index (χ2n) is 6.83. The van der Waals surface area contributed by atoms with E-state index in [1.807, 2.05) is 12.1 Å². The van der Waals surface area contributed by atoms with E-state index >= 15 is 0 Å². The van der Waals surface area contributed by atoms with Crippen molar-refractivity contribution in [3.8, 4) is 22.8 Å². The summed E-state index contributed by atoms with van der Waals surface area (Å²) in [5.74, 6) is 1.00. The Hall–Kier alpha value is -2.97. The van der Waals surface area contributed by atoms with E-state index in [0.29, 0.717) is 27.9 Å². The van der Waals surface area contributed by atoms with Crippen LogP contribution in [0, 0.1) is 0 Å². The highest BCUT2D eigenvalue weighted by Crippen LogP contribution is 2.29. The molecule has 1 saturated heterocycles. The van der Waals surface area contributed by atoms with Crippen LogP contribution in [-0.4, -0.2) is 37.8 Å². The lowest BCUT2D eigenvalue weighted by Crippen LogP contribution is -2.28. The van der Waals surface area contributed by atoms with Gasteiger partial charge in [0.15, 0.2) is 0 Å². The van der Waals surface area contributed by atoms with Crippen molar-refractivity contribution in [1.82, 2.24) is 30.1 Å². The highest BCUT2D eigenvalue weighted by atomic mass is 35.5. The Labute approximate surface area is 164 Å². The van der Waals surface area contributed by atoms with E-state index < -0.39 is 0 Å². The van der Waals surface area contributed by atoms with Crippen molar-refractivity contribution in [1.29, 1.82) is 0 Å². The molecule has 4 aromatic rings. The van der Waals surface area contributed by atoms with Crippen molar-refractivity contribution in [3.63, 3.8) is 0 Å². The molecule has 0 aliphatic carbocycles. The van der Waals surface area contributed by atoms with E-state index in [1.165, 1.54) is 0 Å². The summed E-state index contributed by atoms with van der Waals surface area (Å²) in [7, 11) is 0. The van der Waals surface area contributed by atoms with E-state index in [1.54, 1.807) is 28.9 Å². The summed E-state index contributed by atoms with van der Waals surface area (Å²) in [4.78, 5) is 19.6. The van der Waals surface area contributed by atoms with Gasteiger partial charge in [-0.1, -0.05) is 22.8 Å². The number of hydrogen-bond acceptors (Lipinski definition) is 6. The van der Waals surface area contributed by atoms with Crippen LogP contribution in [0.25, 0.3) is 28.5 Å². The molecule has 0 spiro atoms. The first-order chi connectivity index (χ1) is 13.7. The zero-order chi connectivity index (χ0) is 19.1.